The Bertz CT molecular complexity index is 1090. The number of hydroxylamine groups is 3. The van der Waals surface area contributed by atoms with E-state index in [1.165, 1.54) is 16.7 Å². The molecule has 0 unspecified atom stereocenters. The first kappa shape index (κ1) is 18.0. The van der Waals surface area contributed by atoms with Gasteiger partial charge in [0.05, 0.1) is 18.7 Å². The van der Waals surface area contributed by atoms with Crippen LogP contribution < -0.4 is 0 Å². The lowest BCUT2D eigenvalue weighted by Crippen LogP contribution is -2.51. The fourth-order valence-corrected chi connectivity index (χ4v) is 4.46. The third-order valence-electron chi connectivity index (χ3n) is 6.05. The number of piperidine rings is 1. The van der Waals surface area contributed by atoms with Gasteiger partial charge in [-0.25, -0.2) is 9.78 Å². The summed E-state index contributed by atoms with van der Waals surface area (Å²) in [5, 5.41) is 13.3. The van der Waals surface area contributed by atoms with Crippen LogP contribution in [0.25, 0.3) is 5.57 Å². The molecule has 0 saturated carbocycles. The lowest BCUT2D eigenvalue weighted by Gasteiger charge is -2.43. The number of hydrogen-bond acceptors (Lipinski definition) is 4. The normalized spacial score (nSPS) is 21.3. The summed E-state index contributed by atoms with van der Waals surface area (Å²) in [7, 11) is 0. The van der Waals surface area contributed by atoms with Gasteiger partial charge in [-0.1, -0.05) is 24.3 Å². The second-order valence-corrected chi connectivity index (χ2v) is 7.71. The van der Waals surface area contributed by atoms with Crippen LogP contribution in [0, 0.1) is 5.21 Å². The third kappa shape index (κ3) is 3.10. The fraction of sp³-hybridized carbons (Fsp3) is 0.261. The monoisotopic (exact) mass is 386 g/mol. The summed E-state index contributed by atoms with van der Waals surface area (Å²) < 4.78 is 1.38. The number of fused-ring (bicyclic) bond motifs is 2. The number of aryl methyl sites for hydroxylation is 2. The number of hydrogen-bond donors (Lipinski definition) is 0. The van der Waals surface area contributed by atoms with E-state index in [0.29, 0.717) is 18.4 Å². The second-order valence-electron chi connectivity index (χ2n) is 7.71. The van der Waals surface area contributed by atoms with Gasteiger partial charge in [-0.15, -0.1) is 0 Å². The van der Waals surface area contributed by atoms with E-state index in [4.69, 9.17) is 0 Å². The van der Waals surface area contributed by atoms with Crippen molar-refractivity contribution in [2.24, 2.45) is 0 Å². The van der Waals surface area contributed by atoms with Crippen LogP contribution in [0.2, 0.25) is 0 Å². The van der Waals surface area contributed by atoms with Crippen LogP contribution in [0.1, 0.15) is 40.2 Å². The summed E-state index contributed by atoms with van der Waals surface area (Å²) in [6.07, 6.45) is 9.11. The largest absolute Gasteiger partial charge is 0.625 e. The number of carbonyl (C=O) groups excluding carboxylic acids is 1. The molecule has 1 saturated heterocycles. The standard InChI is InChI=1S/C23H22N4O2/c28-23(19-5-10-24-11-6-19)27(29)15-8-18(9-16-27)21-20-4-2-1-3-17(20)7-13-26-14-12-25-22(21)26/h1-6,10-12,14H,7-9,13,15-16H2. The summed E-state index contributed by atoms with van der Waals surface area (Å²) in [5.74, 6) is 0.593. The maximum absolute atomic E-state index is 13.3. The zero-order valence-electron chi connectivity index (χ0n) is 16.1. The number of rotatable bonds is 1. The van der Waals surface area contributed by atoms with Gasteiger partial charge in [0, 0.05) is 49.7 Å². The SMILES string of the molecule is O=C(c1ccncc1)[N+]1([O-])CCC(=C2c3ccccc3CCn3ccnc32)CC1. The van der Waals surface area contributed by atoms with Crippen molar-refractivity contribution in [3.8, 4) is 0 Å². The van der Waals surface area contributed by atoms with E-state index in [9.17, 15) is 10.0 Å². The minimum atomic E-state index is -0.809. The Hall–Kier alpha value is -3.09. The van der Waals surface area contributed by atoms with Crippen LogP contribution in [-0.4, -0.2) is 38.2 Å². The van der Waals surface area contributed by atoms with Crippen molar-refractivity contribution < 1.29 is 9.44 Å². The number of benzene rings is 1. The van der Waals surface area contributed by atoms with Gasteiger partial charge in [-0.3, -0.25) is 9.63 Å². The first-order chi connectivity index (χ1) is 14.2. The Balaban J connectivity index is 1.51. The Morgan fingerprint density at radius 1 is 1.00 bits per heavy atom. The molecule has 1 fully saturated rings. The second kappa shape index (κ2) is 7.06. The van der Waals surface area contributed by atoms with E-state index in [-0.39, 0.29) is 19.0 Å². The number of nitrogens with zero attached hydrogens (tertiary/aromatic N) is 4. The highest BCUT2D eigenvalue weighted by Crippen LogP contribution is 2.37. The van der Waals surface area contributed by atoms with Gasteiger partial charge in [-0.2, -0.15) is 0 Å². The van der Waals surface area contributed by atoms with E-state index >= 15 is 0 Å². The van der Waals surface area contributed by atoms with Gasteiger partial charge >= 0.3 is 5.91 Å². The van der Waals surface area contributed by atoms with Gasteiger partial charge < -0.3 is 9.77 Å². The molecule has 0 bridgehead atoms. The average Bonchev–Trinajstić information content (AvgIpc) is 3.17. The number of likely N-dealkylation sites (tertiary alicyclic amines) is 1. The molecule has 2 aliphatic rings. The maximum Gasteiger partial charge on any atom is 0.345 e. The van der Waals surface area contributed by atoms with Crippen LogP contribution in [0.3, 0.4) is 0 Å². The molecule has 0 atom stereocenters. The zero-order chi connectivity index (χ0) is 19.8. The van der Waals surface area contributed by atoms with Crippen LogP contribution in [-0.2, 0) is 13.0 Å². The molecule has 4 heterocycles. The van der Waals surface area contributed by atoms with Gasteiger partial charge in [0.25, 0.3) is 0 Å². The number of quaternary nitrogens is 1. The van der Waals surface area contributed by atoms with Gasteiger partial charge in [-0.05, 0) is 35.3 Å². The average molecular weight is 386 g/mol. The van der Waals surface area contributed by atoms with Gasteiger partial charge in [0.2, 0.25) is 0 Å². The third-order valence-corrected chi connectivity index (χ3v) is 6.05. The van der Waals surface area contributed by atoms with Crippen molar-refractivity contribution in [1.82, 2.24) is 14.5 Å². The molecule has 0 aliphatic carbocycles. The Morgan fingerprint density at radius 3 is 2.55 bits per heavy atom. The van der Waals surface area contributed by atoms with Crippen molar-refractivity contribution in [3.63, 3.8) is 0 Å². The lowest BCUT2D eigenvalue weighted by molar-refractivity contribution is -0.801. The Morgan fingerprint density at radius 2 is 1.76 bits per heavy atom. The Kier molecular flexibility index (Phi) is 4.38. The highest BCUT2D eigenvalue weighted by Gasteiger charge is 2.34. The van der Waals surface area contributed by atoms with E-state index in [2.05, 4.69) is 38.8 Å². The molecule has 5 rings (SSSR count). The van der Waals surface area contributed by atoms with Crippen molar-refractivity contribution in [1.29, 1.82) is 0 Å². The molecular formula is C23H22N4O2. The topological polar surface area (TPSA) is 70.8 Å². The summed E-state index contributed by atoms with van der Waals surface area (Å²) in [6, 6.07) is 11.7. The molecule has 0 spiro atoms. The molecule has 2 aliphatic heterocycles. The van der Waals surface area contributed by atoms with Crippen LogP contribution in [0.4, 0.5) is 0 Å². The van der Waals surface area contributed by atoms with Crippen molar-refractivity contribution >= 4 is 11.5 Å². The van der Waals surface area contributed by atoms with E-state index in [1.807, 2.05) is 12.4 Å². The highest BCUT2D eigenvalue weighted by molar-refractivity contribution is 5.89. The molecule has 6 nitrogen and oxygen atoms in total. The minimum Gasteiger partial charge on any atom is -0.625 e. The molecular weight excluding hydrogens is 364 g/mol. The quantitative estimate of drug-likeness (QED) is 0.473. The summed E-state index contributed by atoms with van der Waals surface area (Å²) in [4.78, 5) is 21.4. The molecule has 2 aromatic heterocycles. The lowest BCUT2D eigenvalue weighted by atomic mass is 9.89. The minimum absolute atomic E-state index is 0.253. The van der Waals surface area contributed by atoms with E-state index < -0.39 is 4.65 Å². The Labute approximate surface area is 169 Å². The maximum atomic E-state index is 13.3. The van der Waals surface area contributed by atoms with Crippen LogP contribution >= 0.6 is 0 Å². The molecule has 0 radical (unpaired) electrons. The number of aromatic nitrogens is 3. The predicted octanol–water partition coefficient (Wildman–Crippen LogP) is 3.58. The number of imidazole rings is 1. The molecule has 1 aromatic carbocycles. The van der Waals surface area contributed by atoms with Crippen molar-refractivity contribution in [2.45, 2.75) is 25.8 Å². The smallest absolute Gasteiger partial charge is 0.345 e. The summed E-state index contributed by atoms with van der Waals surface area (Å²) in [6.45, 7) is 1.40. The summed E-state index contributed by atoms with van der Waals surface area (Å²) >= 11 is 0. The van der Waals surface area contributed by atoms with Gasteiger partial charge in [0.15, 0.2) is 0 Å². The molecule has 6 heteroatoms. The van der Waals surface area contributed by atoms with Crippen molar-refractivity contribution in [3.05, 3.63) is 94.5 Å². The molecule has 3 aromatic rings. The van der Waals surface area contributed by atoms with E-state index in [0.717, 1.165) is 24.4 Å². The van der Waals surface area contributed by atoms with Gasteiger partial charge in [0.1, 0.15) is 5.82 Å². The predicted molar refractivity (Wildman–Crippen MR) is 110 cm³/mol. The molecule has 1 amide bonds. The number of carbonyl (C=O) groups is 1. The van der Waals surface area contributed by atoms with E-state index in [1.54, 1.807) is 24.5 Å². The number of amides is 1. The summed E-state index contributed by atoms with van der Waals surface area (Å²) in [5.41, 5.74) is 5.31. The fourth-order valence-electron chi connectivity index (χ4n) is 4.46. The molecule has 146 valence electrons. The highest BCUT2D eigenvalue weighted by atomic mass is 16.6. The zero-order valence-corrected chi connectivity index (χ0v) is 16.1. The number of pyridine rings is 1. The van der Waals surface area contributed by atoms with Crippen LogP contribution in [0.5, 0.6) is 0 Å². The van der Waals surface area contributed by atoms with Crippen LogP contribution in [0.15, 0.2) is 66.8 Å². The first-order valence-corrected chi connectivity index (χ1v) is 10.0. The molecule has 0 N–H and O–H groups in total. The molecule has 29 heavy (non-hydrogen) atoms. The first-order valence-electron chi connectivity index (χ1n) is 10.0. The van der Waals surface area contributed by atoms with Crippen molar-refractivity contribution in [2.75, 3.05) is 13.1 Å².